The summed E-state index contributed by atoms with van der Waals surface area (Å²) in [6.45, 7) is 6.05. The molecule has 1 rings (SSSR count). The highest BCUT2D eigenvalue weighted by atomic mass is 35.5. The molecule has 0 spiro atoms. The fraction of sp³-hybridized carbons (Fsp3) is 1.00. The summed E-state index contributed by atoms with van der Waals surface area (Å²) in [4.78, 5) is 0. The van der Waals surface area contributed by atoms with Crippen LogP contribution in [0.15, 0.2) is 0 Å². The van der Waals surface area contributed by atoms with Gasteiger partial charge < -0.3 is 10.1 Å². The molecule has 0 heterocycles. The molecule has 17 heavy (non-hydrogen) atoms. The maximum absolute atomic E-state index is 6.02. The van der Waals surface area contributed by atoms with Crippen LogP contribution in [0.25, 0.3) is 0 Å². The number of halogens is 1. The van der Waals surface area contributed by atoms with Crippen molar-refractivity contribution in [2.45, 2.75) is 45.4 Å². The van der Waals surface area contributed by atoms with Crippen LogP contribution in [0.3, 0.4) is 0 Å². The highest BCUT2D eigenvalue weighted by Gasteiger charge is 2.23. The van der Waals surface area contributed by atoms with Gasteiger partial charge in [0.2, 0.25) is 0 Å². The smallest absolute Gasteiger partial charge is 0.0590 e. The zero-order valence-corrected chi connectivity index (χ0v) is 12.0. The second-order valence-electron chi connectivity index (χ2n) is 5.13. The molecule has 3 heteroatoms. The van der Waals surface area contributed by atoms with E-state index in [1.54, 1.807) is 0 Å². The largest absolute Gasteiger partial charge is 0.380 e. The summed E-state index contributed by atoms with van der Waals surface area (Å²) in [5, 5.41) is 3.51. The fourth-order valence-electron chi connectivity index (χ4n) is 2.54. The van der Waals surface area contributed by atoms with Gasteiger partial charge in [-0.2, -0.15) is 0 Å². The Kier molecular flexibility index (Phi) is 9.13. The molecule has 1 aliphatic carbocycles. The molecule has 1 aliphatic rings. The van der Waals surface area contributed by atoms with E-state index in [9.17, 15) is 0 Å². The Bertz CT molecular complexity index is 178. The third-order valence-electron chi connectivity index (χ3n) is 3.74. The zero-order valence-electron chi connectivity index (χ0n) is 11.2. The summed E-state index contributed by atoms with van der Waals surface area (Å²) >= 11 is 6.02. The van der Waals surface area contributed by atoms with Crippen molar-refractivity contribution >= 4 is 11.6 Å². The number of hydrogen-bond donors (Lipinski definition) is 1. The number of rotatable bonds is 9. The van der Waals surface area contributed by atoms with Gasteiger partial charge in [0.25, 0.3) is 0 Å². The molecule has 0 saturated heterocycles. The van der Waals surface area contributed by atoms with Crippen LogP contribution < -0.4 is 5.32 Å². The second kappa shape index (κ2) is 10.2. The normalized spacial score (nSPS) is 25.1. The predicted octanol–water partition coefficient (Wildman–Crippen LogP) is 3.44. The van der Waals surface area contributed by atoms with Crippen LogP contribution in [0.4, 0.5) is 0 Å². The molecule has 0 aromatic rings. The molecule has 2 nitrogen and oxygen atoms in total. The van der Waals surface area contributed by atoms with Crippen molar-refractivity contribution in [3.63, 3.8) is 0 Å². The Morgan fingerprint density at radius 1 is 1.18 bits per heavy atom. The minimum Gasteiger partial charge on any atom is -0.380 e. The van der Waals surface area contributed by atoms with Crippen LogP contribution in [-0.2, 0) is 4.74 Å². The maximum atomic E-state index is 6.02. The molecule has 0 bridgehead atoms. The van der Waals surface area contributed by atoms with Crippen LogP contribution >= 0.6 is 11.6 Å². The van der Waals surface area contributed by atoms with Crippen molar-refractivity contribution in [1.82, 2.24) is 5.32 Å². The van der Waals surface area contributed by atoms with E-state index in [0.717, 1.165) is 44.0 Å². The Hall–Kier alpha value is 0.210. The molecule has 1 saturated carbocycles. The van der Waals surface area contributed by atoms with Gasteiger partial charge in [0.1, 0.15) is 0 Å². The van der Waals surface area contributed by atoms with Gasteiger partial charge in [-0.05, 0) is 37.6 Å². The number of nitrogens with one attached hydrogen (secondary N) is 1. The molecular weight excluding hydrogens is 234 g/mol. The van der Waals surface area contributed by atoms with E-state index < -0.39 is 0 Å². The third-order valence-corrected chi connectivity index (χ3v) is 4.13. The van der Waals surface area contributed by atoms with E-state index >= 15 is 0 Å². The first kappa shape index (κ1) is 15.3. The Labute approximate surface area is 111 Å². The first-order valence-electron chi connectivity index (χ1n) is 7.23. The quantitative estimate of drug-likeness (QED) is 0.507. The molecule has 0 radical (unpaired) electrons. The van der Waals surface area contributed by atoms with E-state index in [4.69, 9.17) is 16.3 Å². The summed E-state index contributed by atoms with van der Waals surface area (Å²) in [6, 6.07) is 0. The molecule has 2 atom stereocenters. The Balaban J connectivity index is 1.97. The minimum atomic E-state index is 0.735. The van der Waals surface area contributed by atoms with Gasteiger partial charge in [0.05, 0.1) is 6.61 Å². The van der Waals surface area contributed by atoms with Crippen molar-refractivity contribution in [3.05, 3.63) is 0 Å². The Morgan fingerprint density at radius 2 is 1.94 bits per heavy atom. The van der Waals surface area contributed by atoms with Crippen LogP contribution in [-0.4, -0.2) is 32.2 Å². The maximum Gasteiger partial charge on any atom is 0.0590 e. The molecule has 0 amide bonds. The standard InChI is InChI=1S/C14H28ClNO/c1-2-3-9-17-10-8-16-12-14-7-5-4-6-13(14)11-15/h13-14,16H,2-12H2,1H3. The number of ether oxygens (including phenoxy) is 1. The van der Waals surface area contributed by atoms with Gasteiger partial charge in [-0.25, -0.2) is 0 Å². The molecule has 0 aromatic heterocycles. The highest BCUT2D eigenvalue weighted by Crippen LogP contribution is 2.30. The highest BCUT2D eigenvalue weighted by molar-refractivity contribution is 6.18. The Morgan fingerprint density at radius 3 is 2.65 bits per heavy atom. The number of unbranched alkanes of at least 4 members (excludes halogenated alkanes) is 1. The first-order valence-corrected chi connectivity index (χ1v) is 7.76. The average molecular weight is 262 g/mol. The van der Waals surface area contributed by atoms with Crippen molar-refractivity contribution in [2.75, 3.05) is 32.2 Å². The molecule has 0 aromatic carbocycles. The lowest BCUT2D eigenvalue weighted by Gasteiger charge is -2.30. The lowest BCUT2D eigenvalue weighted by atomic mass is 9.80. The van der Waals surface area contributed by atoms with E-state index in [0.29, 0.717) is 0 Å². The second-order valence-corrected chi connectivity index (χ2v) is 5.44. The van der Waals surface area contributed by atoms with Crippen LogP contribution in [0.1, 0.15) is 45.4 Å². The molecular formula is C14H28ClNO. The van der Waals surface area contributed by atoms with Gasteiger partial charge in [0, 0.05) is 19.0 Å². The first-order chi connectivity index (χ1) is 8.38. The van der Waals surface area contributed by atoms with Crippen molar-refractivity contribution in [3.8, 4) is 0 Å². The van der Waals surface area contributed by atoms with Crippen molar-refractivity contribution in [2.24, 2.45) is 11.8 Å². The van der Waals surface area contributed by atoms with Gasteiger partial charge in [-0.3, -0.25) is 0 Å². The zero-order chi connectivity index (χ0) is 12.3. The monoisotopic (exact) mass is 261 g/mol. The number of alkyl halides is 1. The lowest BCUT2D eigenvalue weighted by molar-refractivity contribution is 0.130. The third kappa shape index (κ3) is 6.64. The van der Waals surface area contributed by atoms with Crippen LogP contribution in [0.2, 0.25) is 0 Å². The molecule has 1 N–H and O–H groups in total. The van der Waals surface area contributed by atoms with E-state index in [2.05, 4.69) is 12.2 Å². The predicted molar refractivity (Wildman–Crippen MR) is 74.8 cm³/mol. The minimum absolute atomic E-state index is 0.735. The van der Waals surface area contributed by atoms with Gasteiger partial charge in [-0.1, -0.05) is 26.2 Å². The molecule has 0 aliphatic heterocycles. The summed E-state index contributed by atoms with van der Waals surface area (Å²) < 4.78 is 5.53. The van der Waals surface area contributed by atoms with Crippen LogP contribution in [0, 0.1) is 11.8 Å². The van der Waals surface area contributed by atoms with Gasteiger partial charge in [0.15, 0.2) is 0 Å². The van der Waals surface area contributed by atoms with Crippen molar-refractivity contribution < 1.29 is 4.74 Å². The average Bonchev–Trinajstić information content (AvgIpc) is 2.38. The summed E-state index contributed by atoms with van der Waals surface area (Å²) in [5.41, 5.74) is 0. The van der Waals surface area contributed by atoms with E-state index in [1.165, 1.54) is 38.5 Å². The van der Waals surface area contributed by atoms with Crippen LogP contribution in [0.5, 0.6) is 0 Å². The summed E-state index contributed by atoms with van der Waals surface area (Å²) in [7, 11) is 0. The summed E-state index contributed by atoms with van der Waals surface area (Å²) in [6.07, 6.45) is 7.81. The molecule has 102 valence electrons. The van der Waals surface area contributed by atoms with E-state index in [1.807, 2.05) is 0 Å². The topological polar surface area (TPSA) is 21.3 Å². The fourth-order valence-corrected chi connectivity index (χ4v) is 2.94. The van der Waals surface area contributed by atoms with Crippen molar-refractivity contribution in [1.29, 1.82) is 0 Å². The SMILES string of the molecule is CCCCOCCNCC1CCCCC1CCl. The van der Waals surface area contributed by atoms with E-state index in [-0.39, 0.29) is 0 Å². The summed E-state index contributed by atoms with van der Waals surface area (Å²) in [5.74, 6) is 2.36. The lowest BCUT2D eigenvalue weighted by Crippen LogP contribution is -2.33. The molecule has 2 unspecified atom stereocenters. The van der Waals surface area contributed by atoms with Gasteiger partial charge >= 0.3 is 0 Å². The number of hydrogen-bond acceptors (Lipinski definition) is 2. The van der Waals surface area contributed by atoms with Gasteiger partial charge in [-0.15, -0.1) is 11.6 Å². The molecule has 1 fully saturated rings.